The van der Waals surface area contributed by atoms with Crippen LogP contribution in [-0.2, 0) is 4.74 Å². The summed E-state index contributed by atoms with van der Waals surface area (Å²) in [5, 5.41) is 24.3. The molecule has 0 saturated carbocycles. The smallest absolute Gasteiger partial charge is 0.199 e. The monoisotopic (exact) mass is 429 g/mol. The van der Waals surface area contributed by atoms with Crippen molar-refractivity contribution in [2.75, 3.05) is 7.05 Å². The Kier molecular flexibility index (Phi) is 5.14. The lowest BCUT2D eigenvalue weighted by Gasteiger charge is -2.38. The predicted molar refractivity (Wildman–Crippen MR) is 111 cm³/mol. The number of aliphatic hydroxyl groups is 1. The van der Waals surface area contributed by atoms with Gasteiger partial charge in [0.2, 0.25) is 0 Å². The van der Waals surface area contributed by atoms with E-state index in [0.29, 0.717) is 16.9 Å². The zero-order valence-electron chi connectivity index (χ0n) is 17.1. The number of carbonyl (C=O) groups excluding carboxylic acids is 3. The lowest BCUT2D eigenvalue weighted by Crippen LogP contribution is -2.50. The van der Waals surface area contributed by atoms with Crippen LogP contribution in [0.1, 0.15) is 78.3 Å². The number of benzene rings is 1. The Bertz CT molecular complexity index is 1090. The first-order valence-corrected chi connectivity index (χ1v) is 10.6. The normalized spacial score (nSPS) is 25.8. The number of nitrogens with one attached hydrogen (secondary N) is 1. The number of carbonyl (C=O) groups is 3. The summed E-state index contributed by atoms with van der Waals surface area (Å²) in [5.41, 5.74) is 0.761. The molecule has 4 atom stereocenters. The average molecular weight is 429 g/mol. The van der Waals surface area contributed by atoms with Gasteiger partial charge < -0.3 is 20.3 Å². The molecule has 0 unspecified atom stereocenters. The molecule has 0 amide bonds. The molecule has 2 aliphatic rings. The molecule has 30 heavy (non-hydrogen) atoms. The van der Waals surface area contributed by atoms with Crippen LogP contribution in [0.25, 0.3) is 0 Å². The first-order chi connectivity index (χ1) is 14.2. The fraction of sp³-hybridized carbons (Fsp3) is 0.409. The van der Waals surface area contributed by atoms with Gasteiger partial charge in [-0.15, -0.1) is 11.3 Å². The fourth-order valence-electron chi connectivity index (χ4n) is 4.41. The van der Waals surface area contributed by atoms with E-state index in [4.69, 9.17) is 4.74 Å². The molecule has 4 rings (SSSR count). The highest BCUT2D eigenvalue weighted by atomic mass is 32.1. The molecule has 0 bridgehead atoms. The van der Waals surface area contributed by atoms with Gasteiger partial charge in [-0.3, -0.25) is 14.4 Å². The van der Waals surface area contributed by atoms with Crippen molar-refractivity contribution < 1.29 is 29.3 Å². The second-order valence-corrected chi connectivity index (χ2v) is 9.05. The summed E-state index contributed by atoms with van der Waals surface area (Å²) >= 11 is 1.12. The van der Waals surface area contributed by atoms with Crippen LogP contribution in [0.4, 0.5) is 0 Å². The number of ketones is 3. The number of aryl methyl sites for hydroxylation is 1. The van der Waals surface area contributed by atoms with E-state index in [2.05, 4.69) is 5.32 Å². The maximum atomic E-state index is 13.3. The third-order valence-electron chi connectivity index (χ3n) is 6.00. The third-order valence-corrected chi connectivity index (χ3v) is 7.20. The summed E-state index contributed by atoms with van der Waals surface area (Å²) in [6, 6.07) is 2.85. The van der Waals surface area contributed by atoms with Crippen molar-refractivity contribution in [2.45, 2.75) is 51.5 Å². The van der Waals surface area contributed by atoms with Crippen LogP contribution in [0.5, 0.6) is 5.75 Å². The van der Waals surface area contributed by atoms with Crippen LogP contribution in [0.15, 0.2) is 12.1 Å². The van der Waals surface area contributed by atoms with E-state index in [1.807, 2.05) is 0 Å². The van der Waals surface area contributed by atoms with Crippen LogP contribution in [-0.4, -0.2) is 52.9 Å². The number of likely N-dealkylation sites (N-methyl/N-ethyl adjacent to an activating group) is 1. The van der Waals surface area contributed by atoms with Crippen molar-refractivity contribution in [2.24, 2.45) is 0 Å². The van der Waals surface area contributed by atoms with Gasteiger partial charge in [0.15, 0.2) is 17.3 Å². The molecule has 7 nitrogen and oxygen atoms in total. The molecule has 158 valence electrons. The van der Waals surface area contributed by atoms with E-state index < -0.39 is 29.9 Å². The molecule has 1 saturated heterocycles. The Morgan fingerprint density at radius 3 is 2.53 bits per heavy atom. The maximum Gasteiger partial charge on any atom is 0.199 e. The first-order valence-electron chi connectivity index (χ1n) is 9.77. The second-order valence-electron chi connectivity index (χ2n) is 7.83. The number of thiophene rings is 1. The number of phenolic OH excluding ortho intramolecular Hbond substituents is 1. The second kappa shape index (κ2) is 7.39. The SMILES string of the molecule is CN[C@@H]1C[C@H](c2ccc3c(c2O)C(=O)c2c(C)sc(C(C)=O)c2C3=O)O[C@H](C)[C@H]1O. The van der Waals surface area contributed by atoms with E-state index in [0.717, 1.165) is 11.3 Å². The molecule has 1 aromatic carbocycles. The number of aliphatic hydroxyl groups excluding tert-OH is 1. The molecule has 1 aliphatic heterocycles. The van der Waals surface area contributed by atoms with Crippen LogP contribution in [0, 0.1) is 6.92 Å². The minimum Gasteiger partial charge on any atom is -0.507 e. The molecule has 0 spiro atoms. The highest BCUT2D eigenvalue weighted by Crippen LogP contribution is 2.44. The average Bonchev–Trinajstić information content (AvgIpc) is 3.06. The summed E-state index contributed by atoms with van der Waals surface area (Å²) in [5.74, 6) is -1.45. The number of ether oxygens (including phenoxy) is 1. The summed E-state index contributed by atoms with van der Waals surface area (Å²) in [6.45, 7) is 4.81. The third kappa shape index (κ3) is 2.94. The van der Waals surface area contributed by atoms with Gasteiger partial charge in [0.25, 0.3) is 0 Å². The molecule has 2 heterocycles. The van der Waals surface area contributed by atoms with Gasteiger partial charge in [0.1, 0.15) is 5.75 Å². The number of hydrogen-bond acceptors (Lipinski definition) is 8. The van der Waals surface area contributed by atoms with Crippen LogP contribution in [0.2, 0.25) is 0 Å². The lowest BCUT2D eigenvalue weighted by atomic mass is 9.81. The lowest BCUT2D eigenvalue weighted by molar-refractivity contribution is -0.125. The van der Waals surface area contributed by atoms with Gasteiger partial charge in [-0.25, -0.2) is 0 Å². The van der Waals surface area contributed by atoms with Crippen LogP contribution < -0.4 is 5.32 Å². The van der Waals surface area contributed by atoms with Crippen molar-refractivity contribution >= 4 is 28.7 Å². The summed E-state index contributed by atoms with van der Waals surface area (Å²) in [6.07, 6.45) is -1.33. The van der Waals surface area contributed by atoms with E-state index in [9.17, 15) is 24.6 Å². The van der Waals surface area contributed by atoms with Gasteiger partial charge in [-0.05, 0) is 40.3 Å². The van der Waals surface area contributed by atoms with E-state index in [1.54, 1.807) is 27.0 Å². The van der Waals surface area contributed by atoms with Crippen molar-refractivity contribution in [3.05, 3.63) is 49.7 Å². The van der Waals surface area contributed by atoms with Gasteiger partial charge in [-0.1, -0.05) is 6.07 Å². The quantitative estimate of drug-likeness (QED) is 0.549. The van der Waals surface area contributed by atoms with E-state index in [1.165, 1.54) is 13.0 Å². The van der Waals surface area contributed by atoms with Crippen molar-refractivity contribution in [3.8, 4) is 5.75 Å². The maximum absolute atomic E-state index is 13.3. The Morgan fingerprint density at radius 2 is 1.90 bits per heavy atom. The predicted octanol–water partition coefficient (Wildman–Crippen LogP) is 2.54. The van der Waals surface area contributed by atoms with Gasteiger partial charge in [-0.2, -0.15) is 0 Å². The van der Waals surface area contributed by atoms with Gasteiger partial charge in [0.05, 0.1) is 34.3 Å². The Hall–Kier alpha value is -2.39. The summed E-state index contributed by atoms with van der Waals surface area (Å²) in [7, 11) is 1.74. The molecule has 8 heteroatoms. The highest BCUT2D eigenvalue weighted by Gasteiger charge is 2.41. The van der Waals surface area contributed by atoms with Gasteiger partial charge >= 0.3 is 0 Å². The van der Waals surface area contributed by atoms with E-state index in [-0.39, 0.29) is 44.7 Å². The Balaban J connectivity index is 1.82. The molecular weight excluding hydrogens is 406 g/mol. The van der Waals surface area contributed by atoms with Crippen molar-refractivity contribution in [3.63, 3.8) is 0 Å². The zero-order valence-corrected chi connectivity index (χ0v) is 17.9. The molecule has 3 N–H and O–H groups in total. The first kappa shape index (κ1) is 20.9. The standard InChI is InChI=1S/C22H23NO6S/c1-8(24)22-17-15(10(3)30-22)21(28)16-12(20(17)27)6-5-11(19(16)26)14-7-13(23-4)18(25)9(2)29-14/h5-6,9,13-14,18,23,25-26H,7H2,1-4H3/t9-,13-,14-,18-/m1/s1. The summed E-state index contributed by atoms with van der Waals surface area (Å²) in [4.78, 5) is 39.3. The number of Topliss-reactive ketones (excluding diaryl/α,β-unsaturated/α-hetero) is 1. The number of fused-ring (bicyclic) bond motifs is 2. The minimum absolute atomic E-state index is 0.0515. The summed E-state index contributed by atoms with van der Waals surface area (Å²) < 4.78 is 5.89. The zero-order chi connectivity index (χ0) is 21.9. The minimum atomic E-state index is -0.699. The number of hydrogen-bond donors (Lipinski definition) is 3. The number of phenols is 1. The number of aromatic hydroxyl groups is 1. The van der Waals surface area contributed by atoms with E-state index >= 15 is 0 Å². The van der Waals surface area contributed by atoms with Crippen LogP contribution >= 0.6 is 11.3 Å². The highest BCUT2D eigenvalue weighted by molar-refractivity contribution is 7.15. The topological polar surface area (TPSA) is 113 Å². The van der Waals surface area contributed by atoms with Crippen molar-refractivity contribution in [1.82, 2.24) is 5.32 Å². The van der Waals surface area contributed by atoms with Crippen molar-refractivity contribution in [1.29, 1.82) is 0 Å². The number of rotatable bonds is 3. The molecular formula is C22H23NO6S. The van der Waals surface area contributed by atoms with Gasteiger partial charge in [0, 0.05) is 27.6 Å². The molecule has 1 aliphatic carbocycles. The Morgan fingerprint density at radius 1 is 1.20 bits per heavy atom. The molecule has 0 radical (unpaired) electrons. The Labute approximate surface area is 177 Å². The fourth-order valence-corrected chi connectivity index (χ4v) is 5.45. The molecule has 1 fully saturated rings. The largest absolute Gasteiger partial charge is 0.507 e. The van der Waals surface area contributed by atoms with Crippen LogP contribution in [0.3, 0.4) is 0 Å². The molecule has 2 aromatic rings. The molecule has 1 aromatic heterocycles.